The lowest BCUT2D eigenvalue weighted by atomic mass is 10.1. The van der Waals surface area contributed by atoms with Gasteiger partial charge in [0.15, 0.2) is 4.67 Å². The minimum Gasteiger partial charge on any atom is -0.457 e. The predicted molar refractivity (Wildman–Crippen MR) is 69.4 cm³/mol. The molecule has 1 aliphatic carbocycles. The Labute approximate surface area is 114 Å². The molecule has 2 heterocycles. The fourth-order valence-electron chi connectivity index (χ4n) is 2.39. The molecule has 1 atom stereocenters. The van der Waals surface area contributed by atoms with Crippen molar-refractivity contribution in [2.75, 3.05) is 19.8 Å². The van der Waals surface area contributed by atoms with E-state index in [1.165, 1.54) is 0 Å². The van der Waals surface area contributed by atoms with Crippen LogP contribution in [0.4, 0.5) is 0 Å². The minimum atomic E-state index is 0.0741. The monoisotopic (exact) mass is 313 g/mol. The summed E-state index contributed by atoms with van der Waals surface area (Å²) < 4.78 is 11.1. The second-order valence-electron chi connectivity index (χ2n) is 5.03. The van der Waals surface area contributed by atoms with E-state index in [2.05, 4.69) is 15.9 Å². The molecule has 5 heteroatoms. The Balaban J connectivity index is 1.73. The van der Waals surface area contributed by atoms with Gasteiger partial charge in [0.2, 0.25) is 0 Å². The standard InChI is InChI=1S/C13H16BrNO3/c14-12-11(4-6-18-12)13(16)15(10-1-2-10)7-9-3-5-17-8-9/h4,6,9-10H,1-3,5,7-8H2. The molecule has 2 aliphatic rings. The number of furan rings is 1. The van der Waals surface area contributed by atoms with Crippen LogP contribution in [0.5, 0.6) is 0 Å². The lowest BCUT2D eigenvalue weighted by molar-refractivity contribution is 0.0704. The van der Waals surface area contributed by atoms with Crippen LogP contribution in [0.1, 0.15) is 29.6 Å². The van der Waals surface area contributed by atoms with E-state index in [9.17, 15) is 4.79 Å². The third-order valence-corrected chi connectivity index (χ3v) is 4.19. The first kappa shape index (κ1) is 12.2. The molecule has 1 aliphatic heterocycles. The summed E-state index contributed by atoms with van der Waals surface area (Å²) >= 11 is 3.28. The lowest BCUT2D eigenvalue weighted by Crippen LogP contribution is -2.37. The Bertz CT molecular complexity index is 435. The second kappa shape index (κ2) is 5.05. The average Bonchev–Trinajstić information content (AvgIpc) is 2.89. The summed E-state index contributed by atoms with van der Waals surface area (Å²) in [5, 5.41) is 0. The van der Waals surface area contributed by atoms with Crippen molar-refractivity contribution in [2.45, 2.75) is 25.3 Å². The average molecular weight is 314 g/mol. The molecule has 0 spiro atoms. The van der Waals surface area contributed by atoms with Gasteiger partial charge in [0.1, 0.15) is 0 Å². The van der Waals surface area contributed by atoms with Crippen molar-refractivity contribution < 1.29 is 13.9 Å². The Hall–Kier alpha value is -0.810. The first-order valence-electron chi connectivity index (χ1n) is 6.37. The number of halogens is 1. The van der Waals surface area contributed by atoms with Crippen LogP contribution < -0.4 is 0 Å². The summed E-state index contributed by atoms with van der Waals surface area (Å²) in [6.07, 6.45) is 4.84. The van der Waals surface area contributed by atoms with E-state index in [-0.39, 0.29) is 5.91 Å². The maximum Gasteiger partial charge on any atom is 0.258 e. The molecule has 0 aromatic carbocycles. The number of hydrogen-bond acceptors (Lipinski definition) is 3. The maximum absolute atomic E-state index is 12.5. The van der Waals surface area contributed by atoms with E-state index in [0.717, 1.165) is 39.0 Å². The molecular formula is C13H16BrNO3. The Kier molecular flexibility index (Phi) is 3.43. The van der Waals surface area contributed by atoms with E-state index < -0.39 is 0 Å². The molecule has 0 N–H and O–H groups in total. The van der Waals surface area contributed by atoms with Crippen LogP contribution in [0.3, 0.4) is 0 Å². The molecule has 1 saturated heterocycles. The van der Waals surface area contributed by atoms with Gasteiger partial charge in [0, 0.05) is 25.1 Å². The molecule has 98 valence electrons. The maximum atomic E-state index is 12.5. The molecule has 0 radical (unpaired) electrons. The highest BCUT2D eigenvalue weighted by atomic mass is 79.9. The summed E-state index contributed by atoms with van der Waals surface area (Å²) in [4.78, 5) is 14.5. The number of carbonyl (C=O) groups is 1. The van der Waals surface area contributed by atoms with Crippen LogP contribution in [0.15, 0.2) is 21.4 Å². The van der Waals surface area contributed by atoms with Gasteiger partial charge < -0.3 is 14.1 Å². The minimum absolute atomic E-state index is 0.0741. The first-order chi connectivity index (χ1) is 8.75. The molecule has 3 rings (SSSR count). The summed E-state index contributed by atoms with van der Waals surface area (Å²) in [5.41, 5.74) is 0.626. The Morgan fingerprint density at radius 1 is 1.44 bits per heavy atom. The second-order valence-corrected chi connectivity index (χ2v) is 5.75. The largest absolute Gasteiger partial charge is 0.457 e. The van der Waals surface area contributed by atoms with Crippen molar-refractivity contribution >= 4 is 21.8 Å². The van der Waals surface area contributed by atoms with E-state index >= 15 is 0 Å². The van der Waals surface area contributed by atoms with Gasteiger partial charge in [0.05, 0.1) is 18.4 Å². The van der Waals surface area contributed by atoms with Crippen LogP contribution in [-0.2, 0) is 4.74 Å². The summed E-state index contributed by atoms with van der Waals surface area (Å²) in [7, 11) is 0. The number of rotatable bonds is 4. The zero-order chi connectivity index (χ0) is 12.5. The fourth-order valence-corrected chi connectivity index (χ4v) is 2.80. The van der Waals surface area contributed by atoms with Crippen LogP contribution >= 0.6 is 15.9 Å². The van der Waals surface area contributed by atoms with Gasteiger partial charge in [-0.15, -0.1) is 0 Å². The van der Waals surface area contributed by atoms with Crippen molar-refractivity contribution in [1.82, 2.24) is 4.90 Å². The van der Waals surface area contributed by atoms with Crippen molar-refractivity contribution in [3.63, 3.8) is 0 Å². The molecule has 1 aromatic rings. The topological polar surface area (TPSA) is 42.7 Å². The van der Waals surface area contributed by atoms with Gasteiger partial charge in [-0.25, -0.2) is 0 Å². The molecular weight excluding hydrogens is 298 g/mol. The number of amides is 1. The zero-order valence-electron chi connectivity index (χ0n) is 10.1. The van der Waals surface area contributed by atoms with Crippen molar-refractivity contribution in [3.05, 3.63) is 22.6 Å². The quantitative estimate of drug-likeness (QED) is 0.858. The number of carbonyl (C=O) groups excluding carboxylic acids is 1. The van der Waals surface area contributed by atoms with Crippen LogP contribution in [0, 0.1) is 5.92 Å². The molecule has 18 heavy (non-hydrogen) atoms. The highest BCUT2D eigenvalue weighted by molar-refractivity contribution is 9.10. The zero-order valence-corrected chi connectivity index (χ0v) is 11.7. The molecule has 1 saturated carbocycles. The van der Waals surface area contributed by atoms with Gasteiger partial charge in [-0.3, -0.25) is 4.79 Å². The molecule has 4 nitrogen and oxygen atoms in total. The highest BCUT2D eigenvalue weighted by Gasteiger charge is 2.36. The molecule has 0 bridgehead atoms. The van der Waals surface area contributed by atoms with Gasteiger partial charge in [-0.1, -0.05) is 0 Å². The predicted octanol–water partition coefficient (Wildman–Crippen LogP) is 2.68. The third-order valence-electron chi connectivity index (χ3n) is 3.58. The molecule has 1 aromatic heterocycles. The molecule has 2 fully saturated rings. The van der Waals surface area contributed by atoms with Crippen LogP contribution in [0.2, 0.25) is 0 Å². The summed E-state index contributed by atoms with van der Waals surface area (Å²) in [6.45, 7) is 2.41. The Morgan fingerprint density at radius 2 is 2.28 bits per heavy atom. The smallest absolute Gasteiger partial charge is 0.258 e. The van der Waals surface area contributed by atoms with Crippen molar-refractivity contribution in [3.8, 4) is 0 Å². The van der Waals surface area contributed by atoms with Crippen molar-refractivity contribution in [2.24, 2.45) is 5.92 Å². The summed E-state index contributed by atoms with van der Waals surface area (Å²) in [5.74, 6) is 0.560. The van der Waals surface area contributed by atoms with Gasteiger partial charge in [0.25, 0.3) is 5.91 Å². The van der Waals surface area contributed by atoms with Gasteiger partial charge in [-0.2, -0.15) is 0 Å². The number of ether oxygens (including phenoxy) is 1. The van der Waals surface area contributed by atoms with E-state index in [4.69, 9.17) is 9.15 Å². The fraction of sp³-hybridized carbons (Fsp3) is 0.615. The van der Waals surface area contributed by atoms with Crippen LogP contribution in [-0.4, -0.2) is 36.6 Å². The van der Waals surface area contributed by atoms with Gasteiger partial charge in [-0.05, 0) is 41.3 Å². The van der Waals surface area contributed by atoms with E-state index in [0.29, 0.717) is 22.2 Å². The number of nitrogens with zero attached hydrogens (tertiary/aromatic N) is 1. The first-order valence-corrected chi connectivity index (χ1v) is 7.16. The summed E-state index contributed by atoms with van der Waals surface area (Å²) in [6, 6.07) is 2.15. The molecule has 1 unspecified atom stereocenters. The van der Waals surface area contributed by atoms with Gasteiger partial charge >= 0.3 is 0 Å². The van der Waals surface area contributed by atoms with E-state index in [1.54, 1.807) is 12.3 Å². The normalized spacial score (nSPS) is 23.3. The Morgan fingerprint density at radius 3 is 2.83 bits per heavy atom. The number of hydrogen-bond donors (Lipinski definition) is 0. The lowest BCUT2D eigenvalue weighted by Gasteiger charge is -2.24. The van der Waals surface area contributed by atoms with Crippen molar-refractivity contribution in [1.29, 1.82) is 0 Å². The highest BCUT2D eigenvalue weighted by Crippen LogP contribution is 2.31. The van der Waals surface area contributed by atoms with Crippen LogP contribution in [0.25, 0.3) is 0 Å². The molecule has 1 amide bonds. The third kappa shape index (κ3) is 2.47. The SMILES string of the molecule is O=C(c1ccoc1Br)N(CC1CCOC1)C1CC1. The van der Waals surface area contributed by atoms with E-state index in [1.807, 2.05) is 4.90 Å².